The van der Waals surface area contributed by atoms with Gasteiger partial charge in [-0.25, -0.2) is 4.98 Å². The number of pyridine rings is 1. The first kappa shape index (κ1) is 14.9. The molecule has 1 aromatic heterocycles. The second-order valence-electron chi connectivity index (χ2n) is 4.18. The molecular weight excluding hydrogens is 301 g/mol. The molecule has 0 saturated carbocycles. The van der Waals surface area contributed by atoms with Crippen molar-refractivity contribution in [1.82, 2.24) is 4.98 Å². The van der Waals surface area contributed by atoms with Gasteiger partial charge in [0.2, 0.25) is 5.95 Å². The van der Waals surface area contributed by atoms with Crippen LogP contribution in [-0.2, 0) is 0 Å². The first-order valence-corrected chi connectivity index (χ1v) is 6.14. The Morgan fingerprint density at radius 2 is 2.14 bits per heavy atom. The van der Waals surface area contributed by atoms with Crippen molar-refractivity contribution in [3.63, 3.8) is 0 Å². The van der Waals surface area contributed by atoms with Gasteiger partial charge in [0.1, 0.15) is 10.7 Å². The second kappa shape index (κ2) is 5.84. The van der Waals surface area contributed by atoms with Gasteiger partial charge in [-0.2, -0.15) is 4.39 Å². The average Bonchev–Trinajstić information content (AvgIpc) is 2.42. The number of nitrogens with zero attached hydrogens (tertiary/aromatic N) is 2. The number of hydrogen-bond donors (Lipinski definition) is 1. The van der Waals surface area contributed by atoms with Crippen LogP contribution in [0.4, 0.5) is 15.8 Å². The zero-order chi connectivity index (χ0) is 15.6. The van der Waals surface area contributed by atoms with Crippen LogP contribution in [0.15, 0.2) is 30.3 Å². The summed E-state index contributed by atoms with van der Waals surface area (Å²) in [7, 11) is 0. The van der Waals surface area contributed by atoms with Crippen molar-refractivity contribution in [3.8, 4) is 0 Å². The molecule has 0 radical (unpaired) electrons. The van der Waals surface area contributed by atoms with Gasteiger partial charge in [-0.15, -0.1) is 0 Å². The van der Waals surface area contributed by atoms with E-state index in [9.17, 15) is 19.3 Å². The molecule has 1 N–H and O–H groups in total. The summed E-state index contributed by atoms with van der Waals surface area (Å²) in [5.41, 5.74) is 0.387. The number of hydrogen-bond acceptors (Lipinski definition) is 4. The molecule has 0 atom stereocenters. The maximum Gasteiger partial charge on any atom is 0.288 e. The number of carbonyl (C=O) groups excluding carboxylic acids is 1. The van der Waals surface area contributed by atoms with Gasteiger partial charge in [-0.3, -0.25) is 14.9 Å². The summed E-state index contributed by atoms with van der Waals surface area (Å²) in [5, 5.41) is 13.1. The van der Waals surface area contributed by atoms with Gasteiger partial charge in [0, 0.05) is 11.8 Å². The largest absolute Gasteiger partial charge is 0.320 e. The number of benzene rings is 1. The number of anilines is 1. The molecule has 1 heterocycles. The van der Waals surface area contributed by atoms with Crippen LogP contribution in [-0.4, -0.2) is 15.8 Å². The minimum atomic E-state index is -0.777. The van der Waals surface area contributed by atoms with Crippen LogP contribution in [0.1, 0.15) is 16.1 Å². The average molecular weight is 310 g/mol. The minimum Gasteiger partial charge on any atom is -0.320 e. The number of rotatable bonds is 3. The van der Waals surface area contributed by atoms with E-state index in [2.05, 4.69) is 10.3 Å². The molecule has 8 heteroatoms. The van der Waals surface area contributed by atoms with E-state index in [1.165, 1.54) is 24.3 Å². The summed E-state index contributed by atoms with van der Waals surface area (Å²) in [6.45, 7) is 1.58. The fraction of sp³-hybridized carbons (Fsp3) is 0.0769. The topological polar surface area (TPSA) is 85.1 Å². The fourth-order valence-corrected chi connectivity index (χ4v) is 1.89. The molecule has 2 aromatic rings. The molecule has 0 aliphatic carbocycles. The molecule has 0 aliphatic heterocycles. The van der Waals surface area contributed by atoms with Gasteiger partial charge in [0.05, 0.1) is 4.92 Å². The Kier molecular flexibility index (Phi) is 4.13. The first-order chi connectivity index (χ1) is 9.88. The number of carbonyl (C=O) groups is 1. The normalized spacial score (nSPS) is 10.2. The lowest BCUT2D eigenvalue weighted by atomic mass is 10.1. The molecule has 0 bridgehead atoms. The summed E-state index contributed by atoms with van der Waals surface area (Å²) < 4.78 is 13.0. The molecule has 0 spiro atoms. The molecule has 21 heavy (non-hydrogen) atoms. The van der Waals surface area contributed by atoms with Crippen molar-refractivity contribution in [2.45, 2.75) is 6.92 Å². The third-order valence-electron chi connectivity index (χ3n) is 2.69. The molecule has 0 saturated heterocycles. The van der Waals surface area contributed by atoms with Gasteiger partial charge in [-0.05, 0) is 30.7 Å². The molecule has 1 amide bonds. The van der Waals surface area contributed by atoms with E-state index in [0.717, 1.165) is 6.07 Å². The lowest BCUT2D eigenvalue weighted by molar-refractivity contribution is -0.384. The number of nitro benzene ring substituents is 1. The highest BCUT2D eigenvalue weighted by Crippen LogP contribution is 2.30. The monoisotopic (exact) mass is 309 g/mol. The number of aromatic nitrogens is 1. The summed E-state index contributed by atoms with van der Waals surface area (Å²) in [6, 6.07) is 6.33. The number of halogens is 2. The van der Waals surface area contributed by atoms with Crippen LogP contribution < -0.4 is 5.32 Å². The summed E-state index contributed by atoms with van der Waals surface area (Å²) in [4.78, 5) is 25.5. The van der Waals surface area contributed by atoms with Crippen LogP contribution in [0.2, 0.25) is 5.02 Å². The van der Waals surface area contributed by atoms with Gasteiger partial charge >= 0.3 is 0 Å². The van der Waals surface area contributed by atoms with Gasteiger partial charge in [0.15, 0.2) is 0 Å². The highest BCUT2D eigenvalue weighted by Gasteiger charge is 2.17. The van der Waals surface area contributed by atoms with Crippen LogP contribution in [0, 0.1) is 23.0 Å². The smallest absolute Gasteiger partial charge is 0.288 e. The predicted octanol–water partition coefficient (Wildman–Crippen LogP) is 3.34. The van der Waals surface area contributed by atoms with Crippen LogP contribution >= 0.6 is 11.6 Å². The second-order valence-corrected chi connectivity index (χ2v) is 4.58. The highest BCUT2D eigenvalue weighted by atomic mass is 35.5. The molecule has 1 aromatic carbocycles. The molecule has 0 unspecified atom stereocenters. The maximum atomic E-state index is 13.0. The summed E-state index contributed by atoms with van der Waals surface area (Å²) >= 11 is 5.78. The zero-order valence-corrected chi connectivity index (χ0v) is 11.5. The lowest BCUT2D eigenvalue weighted by Gasteiger charge is -2.09. The van der Waals surface area contributed by atoms with Gasteiger partial charge in [0.25, 0.3) is 11.6 Å². The van der Waals surface area contributed by atoms with Gasteiger partial charge in [-0.1, -0.05) is 17.7 Å². The maximum absolute atomic E-state index is 13.0. The van der Waals surface area contributed by atoms with Crippen molar-refractivity contribution < 1.29 is 14.1 Å². The molecule has 0 aliphatic rings. The van der Waals surface area contributed by atoms with Crippen molar-refractivity contribution >= 4 is 28.9 Å². The molecule has 108 valence electrons. The quantitative estimate of drug-likeness (QED) is 0.535. The Bertz CT molecular complexity index is 737. The number of nitrogens with one attached hydrogen (secondary N) is 1. The zero-order valence-electron chi connectivity index (χ0n) is 10.8. The van der Waals surface area contributed by atoms with Crippen molar-refractivity contribution in [2.75, 3.05) is 5.32 Å². The first-order valence-electron chi connectivity index (χ1n) is 5.77. The molecule has 0 fully saturated rings. The third kappa shape index (κ3) is 3.32. The van der Waals surface area contributed by atoms with Crippen LogP contribution in [0.5, 0.6) is 0 Å². The minimum absolute atomic E-state index is 0.104. The SMILES string of the molecule is Cc1cc([N+](=O)[O-])c(Cl)cc1NC(=O)c1cccc(F)n1. The van der Waals surface area contributed by atoms with E-state index in [-0.39, 0.29) is 16.4 Å². The Labute approximate surface area is 123 Å². The Morgan fingerprint density at radius 1 is 1.43 bits per heavy atom. The summed E-state index contributed by atoms with van der Waals surface area (Å²) in [5.74, 6) is -1.41. The van der Waals surface area contributed by atoms with E-state index in [1.807, 2.05) is 0 Å². The molecule has 6 nitrogen and oxygen atoms in total. The van der Waals surface area contributed by atoms with E-state index < -0.39 is 16.8 Å². The van der Waals surface area contributed by atoms with E-state index in [1.54, 1.807) is 6.92 Å². The molecular formula is C13H9ClFN3O3. The fourth-order valence-electron chi connectivity index (χ4n) is 1.66. The highest BCUT2D eigenvalue weighted by molar-refractivity contribution is 6.33. The van der Waals surface area contributed by atoms with Crippen LogP contribution in [0.25, 0.3) is 0 Å². The lowest BCUT2D eigenvalue weighted by Crippen LogP contribution is -2.15. The van der Waals surface area contributed by atoms with Crippen molar-refractivity contribution in [2.24, 2.45) is 0 Å². The van der Waals surface area contributed by atoms with E-state index in [4.69, 9.17) is 11.6 Å². The molecule has 2 rings (SSSR count). The van der Waals surface area contributed by atoms with E-state index >= 15 is 0 Å². The van der Waals surface area contributed by atoms with Crippen molar-refractivity contribution in [1.29, 1.82) is 0 Å². The summed E-state index contributed by atoms with van der Waals surface area (Å²) in [6.07, 6.45) is 0. The third-order valence-corrected chi connectivity index (χ3v) is 2.99. The standard InChI is InChI=1S/C13H9ClFN3O3/c1-7-5-11(18(20)21)8(14)6-10(7)17-13(19)9-3-2-4-12(15)16-9/h2-6H,1H3,(H,17,19). The van der Waals surface area contributed by atoms with Crippen molar-refractivity contribution in [3.05, 3.63) is 62.7 Å². The van der Waals surface area contributed by atoms with E-state index in [0.29, 0.717) is 11.3 Å². The number of nitro groups is 1. The Morgan fingerprint density at radius 3 is 2.76 bits per heavy atom. The van der Waals surface area contributed by atoms with Crippen LogP contribution in [0.3, 0.4) is 0 Å². The Hall–Kier alpha value is -2.54. The number of amides is 1. The number of aryl methyl sites for hydroxylation is 1. The predicted molar refractivity (Wildman–Crippen MR) is 75.0 cm³/mol. The van der Waals surface area contributed by atoms with Gasteiger partial charge < -0.3 is 5.32 Å². The Balaban J connectivity index is 2.30.